The highest BCUT2D eigenvalue weighted by atomic mass is 79.9. The van der Waals surface area contributed by atoms with E-state index in [9.17, 15) is 4.79 Å². The lowest BCUT2D eigenvalue weighted by molar-refractivity contribution is -0.117. The maximum atomic E-state index is 12.4. The quantitative estimate of drug-likeness (QED) is 0.727. The molecule has 1 heterocycles. The number of hydrogen-bond acceptors (Lipinski definition) is 2. The summed E-state index contributed by atoms with van der Waals surface area (Å²) >= 11 is 3.44. The summed E-state index contributed by atoms with van der Waals surface area (Å²) in [6, 6.07) is 17.9. The molecule has 2 atom stereocenters. The van der Waals surface area contributed by atoms with E-state index >= 15 is 0 Å². The number of hydrogen-bond donors (Lipinski definition) is 1. The highest BCUT2D eigenvalue weighted by molar-refractivity contribution is 9.10. The number of aromatic nitrogens is 1. The number of nitrogens with one attached hydrogen (secondary N) is 1. The summed E-state index contributed by atoms with van der Waals surface area (Å²) in [5.74, 6) is 0.507. The fourth-order valence-corrected chi connectivity index (χ4v) is 3.22. The molecule has 1 fully saturated rings. The lowest BCUT2D eigenvalue weighted by atomic mass is 10.1. The zero-order valence-electron chi connectivity index (χ0n) is 12.4. The summed E-state index contributed by atoms with van der Waals surface area (Å²) in [5, 5.41) is 4.06. The highest BCUT2D eigenvalue weighted by Crippen LogP contribution is 2.48. The minimum atomic E-state index is 0.0702. The number of rotatable bonds is 3. The van der Waals surface area contributed by atoms with Crippen molar-refractivity contribution in [3.05, 3.63) is 70.8 Å². The van der Waals surface area contributed by atoms with E-state index in [2.05, 4.69) is 38.4 Å². The van der Waals surface area contributed by atoms with Crippen LogP contribution >= 0.6 is 15.9 Å². The molecule has 2 unspecified atom stereocenters. The minimum Gasteiger partial charge on any atom is -0.326 e. The van der Waals surface area contributed by atoms with Crippen LogP contribution in [0.1, 0.15) is 17.9 Å². The van der Waals surface area contributed by atoms with Crippen molar-refractivity contribution in [1.82, 2.24) is 4.98 Å². The first-order valence-electron chi connectivity index (χ1n) is 7.62. The van der Waals surface area contributed by atoms with Crippen molar-refractivity contribution >= 4 is 38.4 Å². The van der Waals surface area contributed by atoms with Crippen LogP contribution in [0.3, 0.4) is 0 Å². The van der Waals surface area contributed by atoms with Gasteiger partial charge < -0.3 is 5.32 Å². The minimum absolute atomic E-state index is 0.0702. The van der Waals surface area contributed by atoms with Crippen molar-refractivity contribution in [2.45, 2.75) is 12.3 Å². The predicted octanol–water partition coefficient (Wildman–Crippen LogP) is 4.74. The summed E-state index contributed by atoms with van der Waals surface area (Å²) < 4.78 is 1.06. The van der Waals surface area contributed by atoms with E-state index < -0.39 is 0 Å². The zero-order chi connectivity index (χ0) is 15.8. The Morgan fingerprint density at radius 2 is 1.96 bits per heavy atom. The van der Waals surface area contributed by atoms with Gasteiger partial charge in [-0.25, -0.2) is 0 Å². The van der Waals surface area contributed by atoms with Crippen LogP contribution in [0.5, 0.6) is 0 Å². The number of fused-ring (bicyclic) bond motifs is 1. The number of carbonyl (C=O) groups is 1. The molecule has 114 valence electrons. The highest BCUT2D eigenvalue weighted by Gasteiger charge is 2.43. The van der Waals surface area contributed by atoms with Gasteiger partial charge in [-0.05, 0) is 54.3 Å². The van der Waals surface area contributed by atoms with Crippen molar-refractivity contribution in [1.29, 1.82) is 0 Å². The molecule has 3 nitrogen and oxygen atoms in total. The van der Waals surface area contributed by atoms with Crippen LogP contribution in [0.15, 0.2) is 65.3 Å². The second kappa shape index (κ2) is 5.78. The zero-order valence-corrected chi connectivity index (χ0v) is 14.0. The first kappa shape index (κ1) is 14.4. The first-order chi connectivity index (χ1) is 11.2. The number of nitrogens with zero attached hydrogens (tertiary/aromatic N) is 1. The van der Waals surface area contributed by atoms with Gasteiger partial charge in [0.25, 0.3) is 0 Å². The second-order valence-electron chi connectivity index (χ2n) is 5.90. The van der Waals surface area contributed by atoms with Crippen LogP contribution < -0.4 is 5.32 Å². The summed E-state index contributed by atoms with van der Waals surface area (Å²) in [6.07, 6.45) is 2.69. The smallest absolute Gasteiger partial charge is 0.228 e. The number of carbonyl (C=O) groups excluding carboxylic acids is 1. The Morgan fingerprint density at radius 3 is 2.78 bits per heavy atom. The topological polar surface area (TPSA) is 42.0 Å². The standard InChI is InChI=1S/C19H15BrN2O/c20-14-5-3-12(4-6-14)16-11-17(16)19(23)22-15-7-8-18-13(10-15)2-1-9-21-18/h1-10,16-17H,11H2,(H,22,23). The molecule has 3 aromatic rings. The maximum Gasteiger partial charge on any atom is 0.228 e. The molecule has 1 aromatic heterocycles. The molecule has 0 bridgehead atoms. The molecular formula is C19H15BrN2O. The molecule has 23 heavy (non-hydrogen) atoms. The van der Waals surface area contributed by atoms with Gasteiger partial charge in [0, 0.05) is 27.7 Å². The molecule has 0 saturated heterocycles. The Balaban J connectivity index is 1.46. The van der Waals surface area contributed by atoms with Crippen molar-refractivity contribution in [2.75, 3.05) is 5.32 Å². The Kier molecular flexibility index (Phi) is 3.62. The molecule has 1 amide bonds. The van der Waals surface area contributed by atoms with Gasteiger partial charge in [0.1, 0.15) is 0 Å². The van der Waals surface area contributed by atoms with Crippen molar-refractivity contribution in [2.24, 2.45) is 5.92 Å². The SMILES string of the molecule is O=C(Nc1ccc2ncccc2c1)C1CC1c1ccc(Br)cc1. The van der Waals surface area contributed by atoms with Gasteiger partial charge in [-0.1, -0.05) is 34.1 Å². The van der Waals surface area contributed by atoms with Crippen molar-refractivity contribution < 1.29 is 4.79 Å². The Hall–Kier alpha value is -2.20. The lowest BCUT2D eigenvalue weighted by Gasteiger charge is -2.06. The number of halogens is 1. The van der Waals surface area contributed by atoms with E-state index in [0.29, 0.717) is 5.92 Å². The molecule has 0 aliphatic heterocycles. The van der Waals surface area contributed by atoms with Gasteiger partial charge >= 0.3 is 0 Å². The fraction of sp³-hybridized carbons (Fsp3) is 0.158. The first-order valence-corrected chi connectivity index (χ1v) is 8.41. The van der Waals surface area contributed by atoms with Crippen molar-refractivity contribution in [3.8, 4) is 0 Å². The van der Waals surface area contributed by atoms with Crippen LogP contribution in [0.4, 0.5) is 5.69 Å². The van der Waals surface area contributed by atoms with Gasteiger partial charge in [-0.15, -0.1) is 0 Å². The van der Waals surface area contributed by atoms with E-state index in [1.807, 2.05) is 42.5 Å². The molecule has 0 spiro atoms. The van der Waals surface area contributed by atoms with Gasteiger partial charge in [0.2, 0.25) is 5.91 Å². The van der Waals surface area contributed by atoms with Crippen LogP contribution in [0.2, 0.25) is 0 Å². The average Bonchev–Trinajstić information content (AvgIpc) is 3.36. The number of pyridine rings is 1. The number of benzene rings is 2. The molecule has 4 heteroatoms. The summed E-state index contributed by atoms with van der Waals surface area (Å²) in [7, 11) is 0. The molecule has 1 saturated carbocycles. The van der Waals surface area contributed by atoms with Crippen molar-refractivity contribution in [3.63, 3.8) is 0 Å². The normalized spacial score (nSPS) is 19.5. The molecular weight excluding hydrogens is 352 g/mol. The Labute approximate surface area is 142 Å². The van der Waals surface area contributed by atoms with Gasteiger partial charge in [-0.2, -0.15) is 0 Å². The second-order valence-corrected chi connectivity index (χ2v) is 6.82. The molecule has 0 radical (unpaired) electrons. The van der Waals surface area contributed by atoms with Crippen LogP contribution in [0.25, 0.3) is 10.9 Å². The lowest BCUT2D eigenvalue weighted by Crippen LogP contribution is -2.14. The van der Waals surface area contributed by atoms with Crippen LogP contribution in [0, 0.1) is 5.92 Å². The van der Waals surface area contributed by atoms with Crippen LogP contribution in [-0.4, -0.2) is 10.9 Å². The molecule has 1 N–H and O–H groups in total. The monoisotopic (exact) mass is 366 g/mol. The fourth-order valence-electron chi connectivity index (χ4n) is 2.95. The van der Waals surface area contributed by atoms with E-state index in [1.165, 1.54) is 5.56 Å². The third-order valence-corrected chi connectivity index (χ3v) is 4.82. The third-order valence-electron chi connectivity index (χ3n) is 4.30. The van der Waals surface area contributed by atoms with E-state index in [4.69, 9.17) is 0 Å². The van der Waals surface area contributed by atoms with E-state index in [0.717, 1.165) is 27.5 Å². The van der Waals surface area contributed by atoms with Gasteiger partial charge in [-0.3, -0.25) is 9.78 Å². The number of anilines is 1. The maximum absolute atomic E-state index is 12.4. The Bertz CT molecular complexity index is 876. The third kappa shape index (κ3) is 2.99. The van der Waals surface area contributed by atoms with E-state index in [1.54, 1.807) is 6.20 Å². The predicted molar refractivity (Wildman–Crippen MR) is 95.4 cm³/mol. The van der Waals surface area contributed by atoms with Gasteiger partial charge in [0.05, 0.1) is 5.52 Å². The number of amides is 1. The summed E-state index contributed by atoms with van der Waals surface area (Å²) in [6.45, 7) is 0. The Morgan fingerprint density at radius 1 is 1.13 bits per heavy atom. The summed E-state index contributed by atoms with van der Waals surface area (Å²) in [4.78, 5) is 16.7. The van der Waals surface area contributed by atoms with Gasteiger partial charge in [0.15, 0.2) is 0 Å². The molecule has 4 rings (SSSR count). The molecule has 2 aromatic carbocycles. The largest absolute Gasteiger partial charge is 0.326 e. The van der Waals surface area contributed by atoms with Crippen LogP contribution in [-0.2, 0) is 4.79 Å². The van der Waals surface area contributed by atoms with E-state index in [-0.39, 0.29) is 11.8 Å². The molecule has 1 aliphatic carbocycles. The average molecular weight is 367 g/mol. The molecule has 1 aliphatic rings. The summed E-state index contributed by atoms with van der Waals surface area (Å²) in [5.41, 5.74) is 3.00.